The van der Waals surface area contributed by atoms with Crippen molar-refractivity contribution in [2.45, 2.75) is 25.4 Å². The van der Waals surface area contributed by atoms with Crippen molar-refractivity contribution in [2.75, 3.05) is 7.11 Å². The number of benzene rings is 2. The topological polar surface area (TPSA) is 29.5 Å². The molecule has 0 saturated carbocycles. The van der Waals surface area contributed by atoms with E-state index in [-0.39, 0.29) is 12.2 Å². The molecule has 0 aliphatic carbocycles. The molecule has 0 heterocycles. The summed E-state index contributed by atoms with van der Waals surface area (Å²) in [6.07, 6.45) is 0.702. The van der Waals surface area contributed by atoms with Crippen molar-refractivity contribution in [2.24, 2.45) is 0 Å². The Morgan fingerprint density at radius 2 is 1.81 bits per heavy atom. The summed E-state index contributed by atoms with van der Waals surface area (Å²) in [5, 5.41) is 10.5. The van der Waals surface area contributed by atoms with Crippen LogP contribution in [0.4, 0.5) is 4.39 Å². The van der Waals surface area contributed by atoms with Crippen molar-refractivity contribution >= 4 is 15.9 Å². The lowest BCUT2D eigenvalue weighted by Crippen LogP contribution is -2.30. The van der Waals surface area contributed by atoms with E-state index in [9.17, 15) is 9.50 Å². The van der Waals surface area contributed by atoms with Crippen LogP contribution in [0.15, 0.2) is 46.9 Å². The number of halogens is 2. The van der Waals surface area contributed by atoms with Crippen LogP contribution >= 0.6 is 15.9 Å². The zero-order valence-corrected chi connectivity index (χ0v) is 13.7. The minimum absolute atomic E-state index is 0.254. The van der Waals surface area contributed by atoms with Gasteiger partial charge in [-0.25, -0.2) is 4.39 Å². The van der Waals surface area contributed by atoms with Gasteiger partial charge in [0, 0.05) is 17.3 Å². The van der Waals surface area contributed by atoms with Crippen molar-refractivity contribution < 1.29 is 14.2 Å². The second-order valence-corrected chi connectivity index (χ2v) is 6.35. The maximum absolute atomic E-state index is 13.8. The molecule has 0 amide bonds. The summed E-state index contributed by atoms with van der Waals surface area (Å²) in [7, 11) is 1.61. The molecule has 0 aromatic heterocycles. The smallest absolute Gasteiger partial charge is 0.126 e. The monoisotopic (exact) mass is 352 g/mol. The van der Waals surface area contributed by atoms with Crippen LogP contribution in [0.1, 0.15) is 18.1 Å². The molecule has 0 spiro atoms. The quantitative estimate of drug-likeness (QED) is 0.876. The van der Waals surface area contributed by atoms with Crippen LogP contribution in [-0.4, -0.2) is 17.8 Å². The minimum atomic E-state index is -1.02. The lowest BCUT2D eigenvalue weighted by Gasteiger charge is -2.24. The van der Waals surface area contributed by atoms with Crippen LogP contribution < -0.4 is 4.74 Å². The number of rotatable bonds is 5. The third-order valence-corrected chi connectivity index (χ3v) is 3.82. The predicted octanol–water partition coefficient (Wildman–Crippen LogP) is 4.13. The standard InChI is InChI=1S/C17H18BrFO2/c1-17(20,10-12-3-6-15(21-2)7-4-12)11-13-9-14(18)5-8-16(13)19/h3-9,20H,10-11H2,1-2H3. The van der Waals surface area contributed by atoms with Crippen LogP contribution in [0.5, 0.6) is 5.75 Å². The largest absolute Gasteiger partial charge is 0.497 e. The van der Waals surface area contributed by atoms with Crippen molar-refractivity contribution in [3.8, 4) is 5.75 Å². The molecule has 2 nitrogen and oxygen atoms in total. The van der Waals surface area contributed by atoms with E-state index in [0.29, 0.717) is 12.0 Å². The number of ether oxygens (including phenoxy) is 1. The Hall–Kier alpha value is -1.39. The van der Waals surface area contributed by atoms with E-state index >= 15 is 0 Å². The van der Waals surface area contributed by atoms with E-state index in [2.05, 4.69) is 15.9 Å². The van der Waals surface area contributed by atoms with Crippen LogP contribution in [0.3, 0.4) is 0 Å². The van der Waals surface area contributed by atoms with Gasteiger partial charge in [-0.05, 0) is 48.4 Å². The van der Waals surface area contributed by atoms with Gasteiger partial charge in [-0.15, -0.1) is 0 Å². The van der Waals surface area contributed by atoms with Gasteiger partial charge in [0.1, 0.15) is 11.6 Å². The lowest BCUT2D eigenvalue weighted by atomic mass is 9.89. The van der Waals surface area contributed by atoms with Gasteiger partial charge in [-0.1, -0.05) is 28.1 Å². The molecule has 4 heteroatoms. The van der Waals surface area contributed by atoms with E-state index in [1.165, 1.54) is 6.07 Å². The van der Waals surface area contributed by atoms with Crippen LogP contribution in [0, 0.1) is 5.82 Å². The molecule has 2 rings (SSSR count). The number of hydrogen-bond acceptors (Lipinski definition) is 2. The highest BCUT2D eigenvalue weighted by atomic mass is 79.9. The summed E-state index contributed by atoms with van der Waals surface area (Å²) in [6.45, 7) is 1.72. The summed E-state index contributed by atoms with van der Waals surface area (Å²) in [5.74, 6) is 0.477. The van der Waals surface area contributed by atoms with Gasteiger partial charge in [-0.2, -0.15) is 0 Å². The van der Waals surface area contributed by atoms with Crippen molar-refractivity contribution in [1.82, 2.24) is 0 Å². The highest BCUT2D eigenvalue weighted by Gasteiger charge is 2.23. The fourth-order valence-electron chi connectivity index (χ4n) is 2.33. The molecule has 0 bridgehead atoms. The molecule has 1 unspecified atom stereocenters. The average molecular weight is 353 g/mol. The molecule has 2 aromatic rings. The lowest BCUT2D eigenvalue weighted by molar-refractivity contribution is 0.0599. The number of methoxy groups -OCH3 is 1. The molecule has 2 aromatic carbocycles. The highest BCUT2D eigenvalue weighted by molar-refractivity contribution is 9.10. The van der Waals surface area contributed by atoms with E-state index in [1.807, 2.05) is 24.3 Å². The third-order valence-electron chi connectivity index (χ3n) is 3.32. The zero-order chi connectivity index (χ0) is 15.5. The maximum Gasteiger partial charge on any atom is 0.126 e. The highest BCUT2D eigenvalue weighted by Crippen LogP contribution is 2.24. The Balaban J connectivity index is 2.11. The molecule has 1 N–H and O–H groups in total. The van der Waals surface area contributed by atoms with Gasteiger partial charge in [0.05, 0.1) is 12.7 Å². The van der Waals surface area contributed by atoms with E-state index < -0.39 is 5.60 Å². The van der Waals surface area contributed by atoms with E-state index in [0.717, 1.165) is 15.8 Å². The van der Waals surface area contributed by atoms with Crippen molar-refractivity contribution in [3.63, 3.8) is 0 Å². The molecule has 21 heavy (non-hydrogen) atoms. The Morgan fingerprint density at radius 3 is 2.43 bits per heavy atom. The maximum atomic E-state index is 13.8. The fourth-order valence-corrected chi connectivity index (χ4v) is 2.74. The molecule has 0 aliphatic rings. The van der Waals surface area contributed by atoms with Gasteiger partial charge < -0.3 is 9.84 Å². The van der Waals surface area contributed by atoms with Gasteiger partial charge in [0.15, 0.2) is 0 Å². The first-order valence-electron chi connectivity index (χ1n) is 6.69. The van der Waals surface area contributed by atoms with Gasteiger partial charge in [0.2, 0.25) is 0 Å². The van der Waals surface area contributed by atoms with Crippen LogP contribution in [-0.2, 0) is 12.8 Å². The molecular formula is C17H18BrFO2. The first-order valence-corrected chi connectivity index (χ1v) is 7.48. The Morgan fingerprint density at radius 1 is 1.14 bits per heavy atom. The zero-order valence-electron chi connectivity index (χ0n) is 12.1. The van der Waals surface area contributed by atoms with Crippen LogP contribution in [0.2, 0.25) is 0 Å². The first-order chi connectivity index (χ1) is 9.89. The second-order valence-electron chi connectivity index (χ2n) is 5.43. The Kier molecular flexibility index (Phi) is 5.01. The Labute approximate surface area is 132 Å². The average Bonchev–Trinajstić information content (AvgIpc) is 2.43. The van der Waals surface area contributed by atoms with Gasteiger partial charge in [-0.3, -0.25) is 0 Å². The second kappa shape index (κ2) is 6.58. The molecule has 112 valence electrons. The molecule has 0 saturated heterocycles. The SMILES string of the molecule is COc1ccc(CC(C)(O)Cc2cc(Br)ccc2F)cc1. The normalized spacial score (nSPS) is 13.8. The molecular weight excluding hydrogens is 335 g/mol. The number of aliphatic hydroxyl groups is 1. The predicted molar refractivity (Wildman–Crippen MR) is 85.1 cm³/mol. The van der Waals surface area contributed by atoms with Crippen molar-refractivity contribution in [1.29, 1.82) is 0 Å². The molecule has 1 atom stereocenters. The minimum Gasteiger partial charge on any atom is -0.497 e. The van der Waals surface area contributed by atoms with Gasteiger partial charge >= 0.3 is 0 Å². The summed E-state index contributed by atoms with van der Waals surface area (Å²) in [6, 6.07) is 12.3. The first kappa shape index (κ1) is 16.0. The van der Waals surface area contributed by atoms with Gasteiger partial charge in [0.25, 0.3) is 0 Å². The summed E-state index contributed by atoms with van der Waals surface area (Å²) < 4.78 is 19.7. The summed E-state index contributed by atoms with van der Waals surface area (Å²) >= 11 is 3.32. The van der Waals surface area contributed by atoms with Crippen LogP contribution in [0.25, 0.3) is 0 Å². The van der Waals surface area contributed by atoms with E-state index in [1.54, 1.807) is 26.2 Å². The third kappa shape index (κ3) is 4.55. The summed E-state index contributed by atoms with van der Waals surface area (Å²) in [4.78, 5) is 0. The molecule has 0 aliphatic heterocycles. The summed E-state index contributed by atoms with van der Waals surface area (Å²) in [5.41, 5.74) is 0.468. The van der Waals surface area contributed by atoms with E-state index in [4.69, 9.17) is 4.74 Å². The fraction of sp³-hybridized carbons (Fsp3) is 0.294. The Bertz CT molecular complexity index is 609. The number of hydrogen-bond donors (Lipinski definition) is 1. The molecule has 0 radical (unpaired) electrons. The van der Waals surface area contributed by atoms with Crippen molar-refractivity contribution in [3.05, 3.63) is 63.9 Å². The molecule has 0 fully saturated rings.